The summed E-state index contributed by atoms with van der Waals surface area (Å²) < 4.78 is 34.1. The topological polar surface area (TPSA) is 116 Å². The molecule has 0 heterocycles. The molecule has 0 unspecified atom stereocenters. The molecule has 0 bridgehead atoms. The van der Waals surface area contributed by atoms with Crippen LogP contribution in [0.2, 0.25) is 0 Å². The van der Waals surface area contributed by atoms with Gasteiger partial charge in [-0.05, 0) is 71.7 Å². The molecular formula is C31H34BrCsN2O6S. The van der Waals surface area contributed by atoms with Gasteiger partial charge in [0.05, 0.1) is 16.9 Å². The Morgan fingerprint density at radius 3 is 2.07 bits per heavy atom. The Labute approximate surface area is 315 Å². The van der Waals surface area contributed by atoms with Gasteiger partial charge in [0.1, 0.15) is 6.61 Å². The zero-order valence-corrected chi connectivity index (χ0v) is 32.8. The summed E-state index contributed by atoms with van der Waals surface area (Å²) in [4.78, 5) is 24.6. The van der Waals surface area contributed by atoms with E-state index in [0.29, 0.717) is 17.3 Å². The monoisotopic (exact) mass is 774 g/mol. The molecule has 0 aromatic heterocycles. The van der Waals surface area contributed by atoms with Crippen molar-refractivity contribution in [2.45, 2.75) is 50.0 Å². The molecular weight excluding hydrogens is 741 g/mol. The summed E-state index contributed by atoms with van der Waals surface area (Å²) in [6, 6.07) is 20.9. The summed E-state index contributed by atoms with van der Waals surface area (Å²) >= 11 is 3.29. The van der Waals surface area contributed by atoms with E-state index in [1.165, 1.54) is 12.1 Å². The van der Waals surface area contributed by atoms with Crippen LogP contribution in [0.1, 0.15) is 50.2 Å². The molecule has 0 aliphatic heterocycles. The van der Waals surface area contributed by atoms with E-state index in [1.807, 2.05) is 38.1 Å². The summed E-state index contributed by atoms with van der Waals surface area (Å²) in [6.07, 6.45) is 0.314. The van der Waals surface area contributed by atoms with E-state index in [1.54, 1.807) is 12.1 Å². The largest absolute Gasteiger partial charge is 1.00 e. The minimum absolute atomic E-state index is 0. The van der Waals surface area contributed by atoms with Crippen LogP contribution in [0.5, 0.6) is 0 Å². The number of alkyl carbamates (subject to hydrolysis) is 1. The summed E-state index contributed by atoms with van der Waals surface area (Å²) in [6.45, 7) is 4.16. The maximum atomic E-state index is 13.4. The molecule has 0 saturated carbocycles. The van der Waals surface area contributed by atoms with Crippen molar-refractivity contribution in [3.05, 3.63) is 88.4 Å². The normalized spacial score (nSPS) is 13.3. The second-order valence-electron chi connectivity index (χ2n) is 10.5. The fourth-order valence-electron chi connectivity index (χ4n) is 5.18. The average Bonchev–Trinajstić information content (AvgIpc) is 3.26. The van der Waals surface area contributed by atoms with Crippen molar-refractivity contribution in [3.8, 4) is 11.1 Å². The number of aliphatic carboxylic acids is 1. The van der Waals surface area contributed by atoms with Gasteiger partial charge in [0.15, 0.2) is 0 Å². The molecule has 1 aliphatic rings. The molecule has 1 aliphatic carbocycles. The molecule has 0 spiro atoms. The first kappa shape index (κ1) is 35.3. The van der Waals surface area contributed by atoms with Crippen LogP contribution in [0.15, 0.2) is 82.2 Å². The van der Waals surface area contributed by atoms with Gasteiger partial charge in [0.25, 0.3) is 0 Å². The van der Waals surface area contributed by atoms with Gasteiger partial charge in [0.2, 0.25) is 10.0 Å². The summed E-state index contributed by atoms with van der Waals surface area (Å²) in [5.41, 5.74) is 4.54. The Balaban J connectivity index is 0.00000484. The number of amides is 1. The Hall–Kier alpha value is -1.16. The van der Waals surface area contributed by atoms with Gasteiger partial charge in [-0.25, -0.2) is 13.2 Å². The number of carbonyl (C=O) groups is 2. The van der Waals surface area contributed by atoms with Gasteiger partial charge in [0, 0.05) is 23.5 Å². The van der Waals surface area contributed by atoms with Crippen LogP contribution in [-0.2, 0) is 19.6 Å². The first-order valence-corrected chi connectivity index (χ1v) is 15.9. The smallest absolute Gasteiger partial charge is 0.548 e. The van der Waals surface area contributed by atoms with Gasteiger partial charge in [-0.3, -0.25) is 0 Å². The molecule has 42 heavy (non-hydrogen) atoms. The minimum atomic E-state index is -4.07. The van der Waals surface area contributed by atoms with Crippen LogP contribution in [-0.4, -0.2) is 50.5 Å². The zero-order chi connectivity index (χ0) is 29.6. The number of benzene rings is 3. The molecule has 8 nitrogen and oxygen atoms in total. The molecule has 3 aromatic carbocycles. The van der Waals surface area contributed by atoms with E-state index in [2.05, 4.69) is 45.5 Å². The SMILES string of the molecule is CC(C)CN([C@@H](CCCCNC(=O)OCC1c2ccccc2-c2ccccc21)C(=O)[O-])S(=O)(=O)c1ccc(Br)cc1.[Cs+]. The number of nitrogens with one attached hydrogen (secondary N) is 1. The number of rotatable bonds is 13. The quantitative estimate of drug-likeness (QED) is 0.266. The van der Waals surface area contributed by atoms with Gasteiger partial charge in [-0.15, -0.1) is 0 Å². The number of carbonyl (C=O) groups excluding carboxylic acids is 2. The number of sulfonamides is 1. The molecule has 1 atom stereocenters. The van der Waals surface area contributed by atoms with Gasteiger partial charge < -0.3 is 20.0 Å². The number of ether oxygens (including phenoxy) is 1. The molecule has 0 radical (unpaired) electrons. The summed E-state index contributed by atoms with van der Waals surface area (Å²) in [5.74, 6) is -1.59. The van der Waals surface area contributed by atoms with E-state index >= 15 is 0 Å². The van der Waals surface area contributed by atoms with E-state index in [-0.39, 0.29) is 112 Å². The van der Waals surface area contributed by atoms with E-state index < -0.39 is 28.1 Å². The van der Waals surface area contributed by atoms with Crippen molar-refractivity contribution in [1.82, 2.24) is 9.62 Å². The number of nitrogens with zero attached hydrogens (tertiary/aromatic N) is 1. The molecule has 0 fully saturated rings. The third-order valence-electron chi connectivity index (χ3n) is 7.10. The van der Waals surface area contributed by atoms with E-state index in [0.717, 1.165) is 26.6 Å². The van der Waals surface area contributed by atoms with Crippen molar-refractivity contribution < 1.29 is 96.7 Å². The van der Waals surface area contributed by atoms with E-state index in [4.69, 9.17) is 4.74 Å². The fraction of sp³-hybridized carbons (Fsp3) is 0.355. The molecule has 3 aromatic rings. The second kappa shape index (κ2) is 16.2. The van der Waals surface area contributed by atoms with Crippen molar-refractivity contribution in [1.29, 1.82) is 0 Å². The Bertz CT molecular complexity index is 1440. The van der Waals surface area contributed by atoms with Crippen LogP contribution < -0.4 is 79.3 Å². The molecule has 1 amide bonds. The third kappa shape index (κ3) is 8.73. The second-order valence-corrected chi connectivity index (χ2v) is 13.3. The minimum Gasteiger partial charge on any atom is -0.548 e. The maximum absolute atomic E-state index is 13.4. The molecule has 0 saturated heterocycles. The van der Waals surface area contributed by atoms with Crippen molar-refractivity contribution in [3.63, 3.8) is 0 Å². The number of fused-ring (bicyclic) bond motifs is 3. The van der Waals surface area contributed by atoms with Gasteiger partial charge in [-0.1, -0.05) is 78.3 Å². The van der Waals surface area contributed by atoms with Crippen LogP contribution in [0, 0.1) is 5.92 Å². The molecule has 4 rings (SSSR count). The van der Waals surface area contributed by atoms with Crippen molar-refractivity contribution in [2.24, 2.45) is 5.92 Å². The fourth-order valence-corrected chi connectivity index (χ4v) is 7.21. The molecule has 11 heteroatoms. The number of hydrogen-bond acceptors (Lipinski definition) is 6. The Morgan fingerprint density at radius 2 is 1.52 bits per heavy atom. The van der Waals surface area contributed by atoms with E-state index in [9.17, 15) is 23.1 Å². The Kier molecular flexibility index (Phi) is 13.7. The zero-order valence-electron chi connectivity index (χ0n) is 24.1. The van der Waals surface area contributed by atoms with Crippen LogP contribution >= 0.6 is 15.9 Å². The van der Waals surface area contributed by atoms with Gasteiger partial charge >= 0.3 is 75.0 Å². The number of carboxylic acids is 1. The molecule has 218 valence electrons. The van der Waals surface area contributed by atoms with Crippen molar-refractivity contribution in [2.75, 3.05) is 19.7 Å². The first-order chi connectivity index (χ1) is 19.6. The van der Waals surface area contributed by atoms with Crippen LogP contribution in [0.3, 0.4) is 0 Å². The first-order valence-electron chi connectivity index (χ1n) is 13.7. The van der Waals surface area contributed by atoms with Crippen LogP contribution in [0.4, 0.5) is 4.79 Å². The average molecular weight is 775 g/mol. The van der Waals surface area contributed by atoms with Gasteiger partial charge in [-0.2, -0.15) is 4.31 Å². The Morgan fingerprint density at radius 1 is 0.952 bits per heavy atom. The summed E-state index contributed by atoms with van der Waals surface area (Å²) in [5, 5.41) is 14.8. The van der Waals surface area contributed by atoms with Crippen LogP contribution in [0.25, 0.3) is 11.1 Å². The predicted octanol–water partition coefficient (Wildman–Crippen LogP) is 1.93. The number of carboxylic acid groups (broad SMARTS) is 1. The number of unbranched alkanes of at least 4 members (excludes halogenated alkanes) is 1. The predicted molar refractivity (Wildman–Crippen MR) is 159 cm³/mol. The number of halogens is 1. The van der Waals surface area contributed by atoms with Crippen molar-refractivity contribution >= 4 is 38.0 Å². The third-order valence-corrected chi connectivity index (χ3v) is 9.52. The standard InChI is InChI=1S/C31H35BrN2O6S.Cs/c1-21(2)19-34(41(38,39)23-16-14-22(32)15-17-23)29(30(35)36)13-7-8-18-33-31(37)40-20-28-26-11-5-3-9-24(26)25-10-4-6-12-27(25)28;/h3-6,9-12,14-17,21,28-29H,7-8,13,18-20H2,1-2H3,(H,33,37)(H,35,36);/q;+1/p-1/t29-;/m0./s1. The number of hydrogen-bond donors (Lipinski definition) is 1. The summed E-state index contributed by atoms with van der Waals surface area (Å²) in [7, 11) is -4.07. The molecule has 1 N–H and O–H groups in total. The maximum Gasteiger partial charge on any atom is 1.00 e.